The molecule has 1 aromatic carbocycles. The molecule has 3 heterocycles. The first-order chi connectivity index (χ1) is 16.0. The number of H-pyrrole nitrogens is 1. The number of carbonyl (C=O) groups excluding carboxylic acids is 1. The molecule has 0 spiro atoms. The first kappa shape index (κ1) is 21.5. The summed E-state index contributed by atoms with van der Waals surface area (Å²) in [4.78, 5) is 29.0. The number of hydrogen-bond donors (Lipinski definition) is 2. The van der Waals surface area contributed by atoms with Crippen LogP contribution in [-0.2, 0) is 0 Å². The summed E-state index contributed by atoms with van der Waals surface area (Å²) in [7, 11) is 0. The number of pyridine rings is 2. The molecule has 3 aromatic heterocycles. The number of imidazole rings is 1. The topological polar surface area (TPSA) is 83.6 Å². The Labute approximate surface area is 192 Å². The van der Waals surface area contributed by atoms with Crippen LogP contribution >= 0.6 is 0 Å². The highest BCUT2D eigenvalue weighted by molar-refractivity contribution is 5.95. The predicted octanol–water partition coefficient (Wildman–Crippen LogP) is 5.47. The first-order valence-electron chi connectivity index (χ1n) is 11.7. The van der Waals surface area contributed by atoms with Crippen LogP contribution in [-0.4, -0.2) is 32.4 Å². The maximum absolute atomic E-state index is 13.9. The van der Waals surface area contributed by atoms with Crippen LogP contribution < -0.4 is 5.32 Å². The van der Waals surface area contributed by atoms with Gasteiger partial charge in [0.15, 0.2) is 0 Å². The molecule has 1 aliphatic carbocycles. The second-order valence-corrected chi connectivity index (χ2v) is 9.03. The Morgan fingerprint density at radius 2 is 1.97 bits per heavy atom. The minimum absolute atomic E-state index is 0.182. The Kier molecular flexibility index (Phi) is 5.79. The van der Waals surface area contributed by atoms with Crippen molar-refractivity contribution in [2.45, 2.75) is 51.4 Å². The molecule has 1 aliphatic rings. The quantitative estimate of drug-likeness (QED) is 0.427. The van der Waals surface area contributed by atoms with Crippen LogP contribution in [0.1, 0.15) is 73.2 Å². The van der Waals surface area contributed by atoms with E-state index in [0.29, 0.717) is 24.1 Å². The minimum Gasteiger partial charge on any atom is -0.351 e. The average Bonchev–Trinajstić information content (AvgIpc) is 3.27. The molecule has 1 amide bonds. The van der Waals surface area contributed by atoms with Gasteiger partial charge in [-0.15, -0.1) is 0 Å². The van der Waals surface area contributed by atoms with Crippen molar-refractivity contribution < 1.29 is 9.18 Å². The number of nitrogens with one attached hydrogen (secondary N) is 2. The molecule has 1 atom stereocenters. The Hall–Kier alpha value is -3.35. The predicted molar refractivity (Wildman–Crippen MR) is 127 cm³/mol. The second kappa shape index (κ2) is 8.89. The third-order valence-electron chi connectivity index (χ3n) is 7.04. The molecule has 0 unspecified atom stereocenters. The van der Waals surface area contributed by atoms with Crippen molar-refractivity contribution in [3.8, 4) is 0 Å². The van der Waals surface area contributed by atoms with Gasteiger partial charge in [0.1, 0.15) is 17.3 Å². The third-order valence-corrected chi connectivity index (χ3v) is 7.04. The monoisotopic (exact) mass is 445 g/mol. The fourth-order valence-electron chi connectivity index (χ4n) is 5.17. The normalized spacial score (nSPS) is 19.6. The van der Waals surface area contributed by atoms with Crippen molar-refractivity contribution >= 4 is 27.8 Å². The summed E-state index contributed by atoms with van der Waals surface area (Å²) in [6, 6.07) is 8.64. The Bertz CT molecular complexity index is 1310. The molecule has 7 heteroatoms. The molecule has 0 radical (unpaired) electrons. The van der Waals surface area contributed by atoms with Gasteiger partial charge in [-0.05, 0) is 80.3 Å². The third kappa shape index (κ3) is 4.19. The highest BCUT2D eigenvalue weighted by Crippen LogP contribution is 2.42. The molecule has 1 fully saturated rings. The molecule has 0 bridgehead atoms. The molecule has 0 saturated heterocycles. The number of nitrogens with zero attached hydrogens (tertiary/aromatic N) is 3. The van der Waals surface area contributed by atoms with Gasteiger partial charge in [-0.1, -0.05) is 6.92 Å². The lowest BCUT2D eigenvalue weighted by atomic mass is 9.73. The van der Waals surface area contributed by atoms with E-state index in [0.717, 1.165) is 53.4 Å². The standard InChI is InChI=1S/C26H28FN5O/c1-3-28-26(33)23-13-22-24(14-30-23)32-25(31-22)15(2)16-4-6-17(7-5-16)19-10-11-29-21-9-8-18(27)12-20(19)21/h8-17H,3-7H2,1-2H3,(H,28,33)(H,31,32)/t15-,16?,17?/m1/s1. The Balaban J connectivity index is 1.31. The van der Waals surface area contributed by atoms with E-state index < -0.39 is 0 Å². The fourth-order valence-corrected chi connectivity index (χ4v) is 5.17. The molecule has 2 N–H and O–H groups in total. The van der Waals surface area contributed by atoms with Gasteiger partial charge < -0.3 is 10.3 Å². The van der Waals surface area contributed by atoms with Gasteiger partial charge in [0.05, 0.1) is 22.7 Å². The molecule has 4 aromatic rings. The number of carbonyl (C=O) groups is 1. The fraction of sp³-hybridized carbons (Fsp3) is 0.385. The van der Waals surface area contributed by atoms with Gasteiger partial charge in [-0.3, -0.25) is 9.78 Å². The maximum atomic E-state index is 13.9. The van der Waals surface area contributed by atoms with Gasteiger partial charge >= 0.3 is 0 Å². The number of halogens is 1. The number of amides is 1. The van der Waals surface area contributed by atoms with Crippen molar-refractivity contribution in [3.63, 3.8) is 0 Å². The molecule has 1 saturated carbocycles. The van der Waals surface area contributed by atoms with E-state index in [1.165, 1.54) is 11.6 Å². The zero-order valence-electron chi connectivity index (χ0n) is 18.9. The van der Waals surface area contributed by atoms with E-state index in [4.69, 9.17) is 4.98 Å². The van der Waals surface area contributed by atoms with E-state index >= 15 is 0 Å². The lowest BCUT2D eigenvalue weighted by Crippen LogP contribution is -2.23. The van der Waals surface area contributed by atoms with Gasteiger partial charge in [0, 0.05) is 24.0 Å². The number of hydrogen-bond acceptors (Lipinski definition) is 4. The highest BCUT2D eigenvalue weighted by atomic mass is 19.1. The van der Waals surface area contributed by atoms with Crippen molar-refractivity contribution in [2.24, 2.45) is 5.92 Å². The smallest absolute Gasteiger partial charge is 0.269 e. The number of benzene rings is 1. The van der Waals surface area contributed by atoms with Gasteiger partial charge in [-0.2, -0.15) is 0 Å². The second-order valence-electron chi connectivity index (χ2n) is 9.03. The van der Waals surface area contributed by atoms with Crippen LogP contribution in [0.15, 0.2) is 42.7 Å². The molecule has 6 nitrogen and oxygen atoms in total. The van der Waals surface area contributed by atoms with E-state index in [9.17, 15) is 9.18 Å². The minimum atomic E-state index is -0.214. The molecule has 170 valence electrons. The Morgan fingerprint density at radius 1 is 1.15 bits per heavy atom. The highest BCUT2D eigenvalue weighted by Gasteiger charge is 2.29. The van der Waals surface area contributed by atoms with Crippen LogP contribution in [0.4, 0.5) is 4.39 Å². The van der Waals surface area contributed by atoms with Gasteiger partial charge in [0.2, 0.25) is 0 Å². The average molecular weight is 446 g/mol. The van der Waals surface area contributed by atoms with Crippen LogP contribution in [0.5, 0.6) is 0 Å². The summed E-state index contributed by atoms with van der Waals surface area (Å²) in [6.45, 7) is 4.67. The summed E-state index contributed by atoms with van der Waals surface area (Å²) in [6.07, 6.45) is 7.83. The molecule has 33 heavy (non-hydrogen) atoms. The largest absolute Gasteiger partial charge is 0.351 e. The van der Waals surface area contributed by atoms with Crippen molar-refractivity contribution in [1.29, 1.82) is 0 Å². The molecule has 0 aliphatic heterocycles. The summed E-state index contributed by atoms with van der Waals surface area (Å²) < 4.78 is 13.9. The van der Waals surface area contributed by atoms with E-state index in [2.05, 4.69) is 33.3 Å². The van der Waals surface area contributed by atoms with E-state index in [-0.39, 0.29) is 17.6 Å². The first-order valence-corrected chi connectivity index (χ1v) is 11.7. The van der Waals surface area contributed by atoms with Crippen molar-refractivity contribution in [1.82, 2.24) is 25.3 Å². The lowest BCUT2D eigenvalue weighted by Gasteiger charge is -2.32. The molecule has 5 rings (SSSR count). The van der Waals surface area contributed by atoms with Crippen LogP contribution in [0.3, 0.4) is 0 Å². The summed E-state index contributed by atoms with van der Waals surface area (Å²) in [5.41, 5.74) is 4.07. The van der Waals surface area contributed by atoms with Crippen molar-refractivity contribution in [3.05, 3.63) is 65.6 Å². The van der Waals surface area contributed by atoms with Gasteiger partial charge in [0.25, 0.3) is 5.91 Å². The number of aromatic amines is 1. The molecular weight excluding hydrogens is 417 g/mol. The Morgan fingerprint density at radius 3 is 2.76 bits per heavy atom. The number of fused-ring (bicyclic) bond motifs is 2. The number of aromatic nitrogens is 4. The van der Waals surface area contributed by atoms with E-state index in [1.54, 1.807) is 24.4 Å². The van der Waals surface area contributed by atoms with Crippen LogP contribution in [0.2, 0.25) is 0 Å². The summed E-state index contributed by atoms with van der Waals surface area (Å²) in [5.74, 6) is 1.76. The lowest BCUT2D eigenvalue weighted by molar-refractivity contribution is 0.0951. The van der Waals surface area contributed by atoms with Crippen LogP contribution in [0, 0.1) is 11.7 Å². The zero-order valence-corrected chi connectivity index (χ0v) is 18.9. The van der Waals surface area contributed by atoms with Crippen LogP contribution in [0.25, 0.3) is 21.9 Å². The summed E-state index contributed by atoms with van der Waals surface area (Å²) in [5, 5.41) is 3.71. The summed E-state index contributed by atoms with van der Waals surface area (Å²) >= 11 is 0. The maximum Gasteiger partial charge on any atom is 0.269 e. The van der Waals surface area contributed by atoms with E-state index in [1.807, 2.05) is 13.1 Å². The zero-order chi connectivity index (χ0) is 22.9. The van der Waals surface area contributed by atoms with Crippen molar-refractivity contribution in [2.75, 3.05) is 6.54 Å². The SMILES string of the molecule is CCNC(=O)c1cc2nc([C@H](C)C3CCC(c4ccnc5ccc(F)cc45)CC3)[nH]c2cn1. The van der Waals surface area contributed by atoms with Gasteiger partial charge in [-0.25, -0.2) is 14.4 Å². The molecular formula is C26H28FN5O. The number of rotatable bonds is 5.